The Labute approximate surface area is 87.8 Å². The number of ether oxygens (including phenoxy) is 1. The topological polar surface area (TPSA) is 9.23 Å². The lowest BCUT2D eigenvalue weighted by molar-refractivity contribution is 0.180. The molecule has 1 aliphatic rings. The normalized spacial score (nSPS) is 16.4. The lowest BCUT2D eigenvalue weighted by Crippen LogP contribution is -2.19. The van der Waals surface area contributed by atoms with Crippen molar-refractivity contribution >= 4 is 11.6 Å². The smallest absolute Gasteiger partial charge is 0.138 e. The summed E-state index contributed by atoms with van der Waals surface area (Å²) in [6.45, 7) is 0.700. The van der Waals surface area contributed by atoms with Gasteiger partial charge in [0.15, 0.2) is 0 Å². The van der Waals surface area contributed by atoms with Crippen LogP contribution in [0.2, 0.25) is 5.02 Å². The van der Waals surface area contributed by atoms with E-state index in [4.69, 9.17) is 16.3 Å². The van der Waals surface area contributed by atoms with Crippen molar-refractivity contribution in [2.45, 2.75) is 19.3 Å². The van der Waals surface area contributed by atoms with Crippen LogP contribution in [0.4, 0.5) is 4.39 Å². The molecule has 1 aromatic rings. The predicted octanol–water partition coefficient (Wildman–Crippen LogP) is 3.66. The van der Waals surface area contributed by atoms with Gasteiger partial charge >= 0.3 is 0 Å². The van der Waals surface area contributed by atoms with Crippen molar-refractivity contribution < 1.29 is 9.13 Å². The number of benzene rings is 1. The zero-order valence-electron chi connectivity index (χ0n) is 7.80. The van der Waals surface area contributed by atoms with Crippen LogP contribution in [0.25, 0.3) is 0 Å². The van der Waals surface area contributed by atoms with E-state index < -0.39 is 0 Å². The van der Waals surface area contributed by atoms with Gasteiger partial charge < -0.3 is 4.74 Å². The van der Waals surface area contributed by atoms with Crippen molar-refractivity contribution in [3.63, 3.8) is 0 Å². The second kappa shape index (κ2) is 4.18. The maximum absolute atomic E-state index is 12.7. The van der Waals surface area contributed by atoms with Crippen LogP contribution in [0.5, 0.6) is 5.75 Å². The van der Waals surface area contributed by atoms with Gasteiger partial charge in [-0.1, -0.05) is 18.0 Å². The van der Waals surface area contributed by atoms with E-state index in [-0.39, 0.29) is 5.82 Å². The highest BCUT2D eigenvalue weighted by atomic mass is 35.5. The fraction of sp³-hybridized carbons (Fsp3) is 0.455. The summed E-state index contributed by atoms with van der Waals surface area (Å²) in [5.74, 6) is 0.919. The first kappa shape index (κ1) is 9.78. The highest BCUT2D eigenvalue weighted by Gasteiger charge is 2.18. The van der Waals surface area contributed by atoms with Gasteiger partial charge in [0.1, 0.15) is 11.6 Å². The molecule has 0 N–H and O–H groups in total. The fourth-order valence-corrected chi connectivity index (χ4v) is 1.68. The molecule has 3 heteroatoms. The second-order valence-electron chi connectivity index (χ2n) is 3.68. The quantitative estimate of drug-likeness (QED) is 0.746. The van der Waals surface area contributed by atoms with Crippen LogP contribution in [0.15, 0.2) is 18.2 Å². The summed E-state index contributed by atoms with van der Waals surface area (Å²) in [7, 11) is 0. The molecule has 1 fully saturated rings. The zero-order chi connectivity index (χ0) is 9.97. The van der Waals surface area contributed by atoms with E-state index >= 15 is 0 Å². The molecule has 1 aliphatic carbocycles. The van der Waals surface area contributed by atoms with Crippen molar-refractivity contribution in [1.82, 2.24) is 0 Å². The zero-order valence-corrected chi connectivity index (χ0v) is 8.56. The lowest BCUT2D eigenvalue weighted by Gasteiger charge is -2.25. The average molecular weight is 215 g/mol. The van der Waals surface area contributed by atoms with Gasteiger partial charge in [-0.05, 0) is 37.0 Å². The van der Waals surface area contributed by atoms with Gasteiger partial charge in [-0.3, -0.25) is 0 Å². The Balaban J connectivity index is 1.94. The first-order chi connectivity index (χ1) is 6.75. The van der Waals surface area contributed by atoms with Crippen molar-refractivity contribution in [2.75, 3.05) is 6.61 Å². The van der Waals surface area contributed by atoms with E-state index in [2.05, 4.69) is 0 Å². The number of hydrogen-bond acceptors (Lipinski definition) is 1. The Morgan fingerprint density at radius 1 is 1.43 bits per heavy atom. The van der Waals surface area contributed by atoms with Gasteiger partial charge in [0, 0.05) is 0 Å². The molecular formula is C11H12ClFO. The van der Waals surface area contributed by atoms with E-state index in [1.807, 2.05) is 0 Å². The summed E-state index contributed by atoms with van der Waals surface area (Å²) in [6, 6.07) is 4.22. The minimum atomic E-state index is -0.328. The van der Waals surface area contributed by atoms with Crippen molar-refractivity contribution in [3.8, 4) is 5.75 Å². The summed E-state index contributed by atoms with van der Waals surface area (Å²) in [5.41, 5.74) is 0. The predicted molar refractivity (Wildman–Crippen MR) is 54.2 cm³/mol. The summed E-state index contributed by atoms with van der Waals surface area (Å²) >= 11 is 5.81. The van der Waals surface area contributed by atoms with Crippen LogP contribution < -0.4 is 4.74 Å². The molecule has 0 saturated heterocycles. The molecule has 0 atom stereocenters. The molecule has 0 amide bonds. The molecule has 0 bridgehead atoms. The number of halogens is 2. The molecule has 0 unspecified atom stereocenters. The van der Waals surface area contributed by atoms with Gasteiger partial charge in [-0.2, -0.15) is 0 Å². The standard InChI is InChI=1S/C11H12ClFO/c12-10-6-9(13)4-5-11(10)14-7-8-2-1-3-8/h4-6,8H,1-3,7H2. The van der Waals surface area contributed by atoms with Gasteiger partial charge in [0.2, 0.25) is 0 Å². The third-order valence-electron chi connectivity index (χ3n) is 2.59. The van der Waals surface area contributed by atoms with Crippen LogP contribution in [-0.2, 0) is 0 Å². The Morgan fingerprint density at radius 3 is 2.79 bits per heavy atom. The molecule has 1 saturated carbocycles. The molecule has 1 aromatic carbocycles. The summed E-state index contributed by atoms with van der Waals surface area (Å²) < 4.78 is 18.2. The molecule has 0 aliphatic heterocycles. The Morgan fingerprint density at radius 2 is 2.21 bits per heavy atom. The van der Waals surface area contributed by atoms with E-state index in [0.29, 0.717) is 23.3 Å². The third-order valence-corrected chi connectivity index (χ3v) is 2.89. The minimum absolute atomic E-state index is 0.328. The van der Waals surface area contributed by atoms with Gasteiger partial charge in [0.05, 0.1) is 11.6 Å². The largest absolute Gasteiger partial charge is 0.492 e. The van der Waals surface area contributed by atoms with Gasteiger partial charge in [-0.15, -0.1) is 0 Å². The molecule has 14 heavy (non-hydrogen) atoms. The lowest BCUT2D eigenvalue weighted by atomic mass is 9.86. The van der Waals surface area contributed by atoms with Gasteiger partial charge in [0.25, 0.3) is 0 Å². The summed E-state index contributed by atoms with van der Waals surface area (Å²) in [6.07, 6.45) is 3.77. The van der Waals surface area contributed by atoms with E-state index in [0.717, 1.165) is 0 Å². The van der Waals surface area contributed by atoms with E-state index in [1.54, 1.807) is 6.07 Å². The minimum Gasteiger partial charge on any atom is -0.492 e. The average Bonchev–Trinajstić information content (AvgIpc) is 2.05. The van der Waals surface area contributed by atoms with Crippen molar-refractivity contribution in [2.24, 2.45) is 5.92 Å². The summed E-state index contributed by atoms with van der Waals surface area (Å²) in [4.78, 5) is 0. The van der Waals surface area contributed by atoms with Crippen LogP contribution in [0.3, 0.4) is 0 Å². The second-order valence-corrected chi connectivity index (χ2v) is 4.09. The third kappa shape index (κ3) is 2.18. The number of hydrogen-bond donors (Lipinski definition) is 0. The molecule has 0 radical (unpaired) electrons. The fourth-order valence-electron chi connectivity index (χ4n) is 1.46. The van der Waals surface area contributed by atoms with E-state index in [9.17, 15) is 4.39 Å². The van der Waals surface area contributed by atoms with Crippen LogP contribution in [0, 0.1) is 11.7 Å². The summed E-state index contributed by atoms with van der Waals surface area (Å²) in [5, 5.41) is 0.351. The maximum Gasteiger partial charge on any atom is 0.138 e. The monoisotopic (exact) mass is 214 g/mol. The SMILES string of the molecule is Fc1ccc(OCC2CCC2)c(Cl)c1. The molecule has 2 rings (SSSR count). The Bertz CT molecular complexity index is 323. The highest BCUT2D eigenvalue weighted by Crippen LogP contribution is 2.29. The Hall–Kier alpha value is -0.760. The molecule has 76 valence electrons. The van der Waals surface area contributed by atoms with Crippen molar-refractivity contribution in [3.05, 3.63) is 29.0 Å². The number of rotatable bonds is 3. The first-order valence-electron chi connectivity index (χ1n) is 4.83. The van der Waals surface area contributed by atoms with Crippen LogP contribution in [-0.4, -0.2) is 6.61 Å². The molecular weight excluding hydrogens is 203 g/mol. The highest BCUT2D eigenvalue weighted by molar-refractivity contribution is 6.32. The van der Waals surface area contributed by atoms with Gasteiger partial charge in [-0.25, -0.2) is 4.39 Å². The van der Waals surface area contributed by atoms with Crippen LogP contribution >= 0.6 is 11.6 Å². The molecule has 0 spiro atoms. The first-order valence-corrected chi connectivity index (χ1v) is 5.21. The molecule has 0 aromatic heterocycles. The Kier molecular flexibility index (Phi) is 2.92. The van der Waals surface area contributed by atoms with E-state index in [1.165, 1.54) is 31.4 Å². The van der Waals surface area contributed by atoms with Crippen LogP contribution in [0.1, 0.15) is 19.3 Å². The molecule has 1 nitrogen and oxygen atoms in total. The molecule has 0 heterocycles. The van der Waals surface area contributed by atoms with Crippen molar-refractivity contribution in [1.29, 1.82) is 0 Å². The maximum atomic E-state index is 12.7.